The van der Waals surface area contributed by atoms with Crippen molar-refractivity contribution in [1.29, 1.82) is 0 Å². The molecule has 2 N–H and O–H groups in total. The fourth-order valence-corrected chi connectivity index (χ4v) is 2.30. The van der Waals surface area contributed by atoms with Gasteiger partial charge in [0.15, 0.2) is 0 Å². The lowest BCUT2D eigenvalue weighted by molar-refractivity contribution is -0.122. The Balaban J connectivity index is 2.05. The van der Waals surface area contributed by atoms with Crippen LogP contribution >= 0.6 is 0 Å². The molecular weight excluding hydrogens is 300 g/mol. The summed E-state index contributed by atoms with van der Waals surface area (Å²) in [5, 5.41) is 5.49. The number of benzene rings is 2. The van der Waals surface area contributed by atoms with Gasteiger partial charge in [-0.2, -0.15) is 0 Å². The van der Waals surface area contributed by atoms with E-state index < -0.39 is 0 Å². The summed E-state index contributed by atoms with van der Waals surface area (Å²) in [6, 6.07) is 19.4. The van der Waals surface area contributed by atoms with Gasteiger partial charge in [-0.25, -0.2) is 0 Å². The second kappa shape index (κ2) is 8.67. The number of carbonyl (C=O) groups is 2. The lowest BCUT2D eigenvalue weighted by Crippen LogP contribution is -2.35. The number of nitrogens with one attached hydrogen (secondary N) is 2. The summed E-state index contributed by atoms with van der Waals surface area (Å²) in [7, 11) is 0. The van der Waals surface area contributed by atoms with Gasteiger partial charge in [0.1, 0.15) is 5.70 Å². The zero-order chi connectivity index (χ0) is 17.4. The summed E-state index contributed by atoms with van der Waals surface area (Å²) < 4.78 is 0. The molecule has 0 bridgehead atoms. The Morgan fingerprint density at radius 3 is 2.17 bits per heavy atom. The molecule has 0 spiro atoms. The normalized spacial score (nSPS) is 12.3. The van der Waals surface area contributed by atoms with Gasteiger partial charge in [-0.05, 0) is 23.1 Å². The van der Waals surface area contributed by atoms with Crippen LogP contribution in [-0.4, -0.2) is 18.4 Å². The Kier molecular flexibility index (Phi) is 6.32. The fourth-order valence-electron chi connectivity index (χ4n) is 2.30. The van der Waals surface area contributed by atoms with E-state index in [0.717, 1.165) is 11.1 Å². The maximum Gasteiger partial charge on any atom is 0.267 e. The molecule has 0 aliphatic heterocycles. The van der Waals surface area contributed by atoms with E-state index in [1.54, 1.807) is 6.08 Å². The van der Waals surface area contributed by atoms with Crippen LogP contribution in [0.4, 0.5) is 0 Å². The van der Waals surface area contributed by atoms with Crippen LogP contribution in [0.15, 0.2) is 66.4 Å². The Labute approximate surface area is 142 Å². The minimum absolute atomic E-state index is 0.186. The molecule has 0 fully saturated rings. The fraction of sp³-hybridized carbons (Fsp3) is 0.200. The number of hydrogen-bond donors (Lipinski definition) is 2. The zero-order valence-corrected chi connectivity index (χ0v) is 14.0. The highest BCUT2D eigenvalue weighted by atomic mass is 16.2. The average molecular weight is 322 g/mol. The minimum Gasteiger partial charge on any atom is -0.350 e. The second-order valence-corrected chi connectivity index (χ2v) is 5.67. The molecule has 124 valence electrons. The van der Waals surface area contributed by atoms with Crippen LogP contribution in [0.3, 0.4) is 0 Å². The zero-order valence-electron chi connectivity index (χ0n) is 14.0. The van der Waals surface area contributed by atoms with Crippen molar-refractivity contribution >= 4 is 17.9 Å². The van der Waals surface area contributed by atoms with Gasteiger partial charge in [0.25, 0.3) is 5.91 Å². The number of carbonyl (C=O) groups excluding carboxylic acids is 2. The Morgan fingerprint density at radius 1 is 1.00 bits per heavy atom. The molecule has 2 aromatic rings. The predicted octanol–water partition coefficient (Wildman–Crippen LogP) is 3.08. The third-order valence-electron chi connectivity index (χ3n) is 3.60. The molecule has 0 heterocycles. The molecule has 4 nitrogen and oxygen atoms in total. The van der Waals surface area contributed by atoms with Gasteiger partial charge in [0.05, 0.1) is 0 Å². The van der Waals surface area contributed by atoms with Gasteiger partial charge in [0, 0.05) is 13.5 Å². The quantitative estimate of drug-likeness (QED) is 0.803. The molecule has 2 amide bonds. The van der Waals surface area contributed by atoms with E-state index in [0.29, 0.717) is 6.54 Å². The molecule has 0 radical (unpaired) electrons. The second-order valence-electron chi connectivity index (χ2n) is 5.67. The molecule has 0 saturated carbocycles. The summed E-state index contributed by atoms with van der Waals surface area (Å²) in [5.74, 6) is -0.384. The molecule has 24 heavy (non-hydrogen) atoms. The molecule has 0 unspecified atom stereocenters. The molecule has 2 aromatic carbocycles. The summed E-state index contributed by atoms with van der Waals surface area (Å²) in [4.78, 5) is 23.8. The van der Waals surface area contributed by atoms with Gasteiger partial charge < -0.3 is 10.6 Å². The van der Waals surface area contributed by atoms with Crippen molar-refractivity contribution in [3.05, 3.63) is 77.5 Å². The predicted molar refractivity (Wildman–Crippen MR) is 96.1 cm³/mol. The average Bonchev–Trinajstić information content (AvgIpc) is 2.60. The SMILES string of the molecule is CC(=O)N/C(=C\c1ccccc1)C(=O)NC[C@@H](C)c1ccccc1. The number of amides is 2. The highest BCUT2D eigenvalue weighted by molar-refractivity contribution is 6.00. The Bertz CT molecular complexity index is 709. The van der Waals surface area contributed by atoms with E-state index in [1.807, 2.05) is 60.7 Å². The van der Waals surface area contributed by atoms with Crippen molar-refractivity contribution in [2.75, 3.05) is 6.54 Å². The van der Waals surface area contributed by atoms with Crippen molar-refractivity contribution in [1.82, 2.24) is 10.6 Å². The minimum atomic E-state index is -0.295. The molecule has 0 saturated heterocycles. The van der Waals surface area contributed by atoms with Crippen LogP contribution < -0.4 is 10.6 Å². The van der Waals surface area contributed by atoms with Crippen LogP contribution in [0, 0.1) is 0 Å². The number of rotatable bonds is 6. The maximum atomic E-state index is 12.4. The molecule has 0 aromatic heterocycles. The van der Waals surface area contributed by atoms with E-state index in [-0.39, 0.29) is 23.4 Å². The molecule has 4 heteroatoms. The Morgan fingerprint density at radius 2 is 1.58 bits per heavy atom. The first-order valence-corrected chi connectivity index (χ1v) is 7.93. The largest absolute Gasteiger partial charge is 0.350 e. The van der Waals surface area contributed by atoms with E-state index in [2.05, 4.69) is 17.6 Å². The van der Waals surface area contributed by atoms with Crippen molar-refractivity contribution in [2.45, 2.75) is 19.8 Å². The molecule has 1 atom stereocenters. The third kappa shape index (κ3) is 5.39. The van der Waals surface area contributed by atoms with Crippen LogP contribution in [0.5, 0.6) is 0 Å². The number of hydrogen-bond acceptors (Lipinski definition) is 2. The first-order chi connectivity index (χ1) is 11.6. The maximum absolute atomic E-state index is 12.4. The van der Waals surface area contributed by atoms with Crippen molar-refractivity contribution in [3.8, 4) is 0 Å². The van der Waals surface area contributed by atoms with Crippen LogP contribution in [0.1, 0.15) is 30.9 Å². The lowest BCUT2D eigenvalue weighted by Gasteiger charge is -2.14. The monoisotopic (exact) mass is 322 g/mol. The highest BCUT2D eigenvalue weighted by Crippen LogP contribution is 2.13. The standard InChI is InChI=1S/C20H22N2O2/c1-15(18-11-7-4-8-12-18)14-21-20(24)19(22-16(2)23)13-17-9-5-3-6-10-17/h3-13,15H,14H2,1-2H3,(H,21,24)(H,22,23)/b19-13-/t15-/m1/s1. The summed E-state index contributed by atoms with van der Waals surface area (Å²) in [6.45, 7) is 3.93. The van der Waals surface area contributed by atoms with Gasteiger partial charge in [-0.15, -0.1) is 0 Å². The van der Waals surface area contributed by atoms with E-state index >= 15 is 0 Å². The Hall–Kier alpha value is -2.88. The smallest absolute Gasteiger partial charge is 0.267 e. The van der Waals surface area contributed by atoms with Crippen molar-refractivity contribution in [3.63, 3.8) is 0 Å². The molecular formula is C20H22N2O2. The third-order valence-corrected chi connectivity index (χ3v) is 3.60. The van der Waals surface area contributed by atoms with Crippen molar-refractivity contribution < 1.29 is 9.59 Å². The van der Waals surface area contributed by atoms with Gasteiger partial charge in [-0.3, -0.25) is 9.59 Å². The van der Waals surface area contributed by atoms with Crippen LogP contribution in [-0.2, 0) is 9.59 Å². The first kappa shape index (κ1) is 17.5. The summed E-state index contributed by atoms with van der Waals surface area (Å²) in [6.07, 6.45) is 1.67. The molecule has 0 aliphatic carbocycles. The van der Waals surface area contributed by atoms with Gasteiger partial charge in [-0.1, -0.05) is 67.6 Å². The van der Waals surface area contributed by atoms with Gasteiger partial charge >= 0.3 is 0 Å². The lowest BCUT2D eigenvalue weighted by atomic mass is 10.0. The molecule has 2 rings (SSSR count). The topological polar surface area (TPSA) is 58.2 Å². The van der Waals surface area contributed by atoms with Crippen LogP contribution in [0.2, 0.25) is 0 Å². The van der Waals surface area contributed by atoms with Crippen LogP contribution in [0.25, 0.3) is 6.08 Å². The molecule has 0 aliphatic rings. The van der Waals surface area contributed by atoms with Crippen molar-refractivity contribution in [2.24, 2.45) is 0 Å². The summed E-state index contributed by atoms with van der Waals surface area (Å²) >= 11 is 0. The highest BCUT2D eigenvalue weighted by Gasteiger charge is 2.13. The first-order valence-electron chi connectivity index (χ1n) is 7.93. The van der Waals surface area contributed by atoms with E-state index in [1.165, 1.54) is 6.92 Å². The van der Waals surface area contributed by atoms with Gasteiger partial charge in [0.2, 0.25) is 5.91 Å². The van der Waals surface area contributed by atoms with E-state index in [9.17, 15) is 9.59 Å². The van der Waals surface area contributed by atoms with E-state index in [4.69, 9.17) is 0 Å². The summed E-state index contributed by atoms with van der Waals surface area (Å²) in [5.41, 5.74) is 2.26.